The first-order chi connectivity index (χ1) is 21.1. The highest BCUT2D eigenvalue weighted by Gasteiger charge is 2.56. The van der Waals surface area contributed by atoms with E-state index < -0.39 is 28.1 Å². The summed E-state index contributed by atoms with van der Waals surface area (Å²) in [5.74, 6) is -1.28. The Bertz CT molecular complexity index is 1870. The van der Waals surface area contributed by atoms with E-state index in [2.05, 4.69) is 28.4 Å². The molecule has 8 heteroatoms. The highest BCUT2D eigenvalue weighted by Crippen LogP contribution is 2.49. The number of hydrogen-bond acceptors (Lipinski definition) is 4. The molecule has 2 fully saturated rings. The van der Waals surface area contributed by atoms with Crippen LogP contribution in [0.1, 0.15) is 60.4 Å². The molecule has 1 saturated heterocycles. The van der Waals surface area contributed by atoms with Crippen LogP contribution in [0, 0.1) is 11.6 Å². The Morgan fingerprint density at radius 1 is 0.932 bits per heavy atom. The van der Waals surface area contributed by atoms with Crippen LogP contribution in [-0.2, 0) is 39.9 Å². The molecule has 0 radical (unpaired) electrons. The van der Waals surface area contributed by atoms with Crippen molar-refractivity contribution in [3.05, 3.63) is 106 Å². The van der Waals surface area contributed by atoms with Gasteiger partial charge in [0.1, 0.15) is 17.2 Å². The highest BCUT2D eigenvalue weighted by atomic mass is 19.1. The van der Waals surface area contributed by atoms with Crippen molar-refractivity contribution in [2.75, 3.05) is 18.9 Å². The smallest absolute Gasteiger partial charge is 0.244 e. The van der Waals surface area contributed by atoms with Gasteiger partial charge in [0.2, 0.25) is 11.8 Å². The summed E-state index contributed by atoms with van der Waals surface area (Å²) in [6, 6.07) is 17.8. The molecule has 3 heterocycles. The lowest BCUT2D eigenvalue weighted by molar-refractivity contribution is -0.164. The molecule has 1 aromatic heterocycles. The summed E-state index contributed by atoms with van der Waals surface area (Å²) in [6.45, 7) is 2.63. The zero-order valence-corrected chi connectivity index (χ0v) is 24.9. The van der Waals surface area contributed by atoms with Crippen LogP contribution in [0.25, 0.3) is 10.9 Å². The number of carbonyl (C=O) groups is 2. The third-order valence-corrected chi connectivity index (χ3v) is 10.9. The Balaban J connectivity index is 1.17. The molecule has 6 nitrogen and oxygen atoms in total. The molecule has 1 N–H and O–H groups in total. The minimum absolute atomic E-state index is 0.00202. The molecule has 1 saturated carbocycles. The number of amides is 2. The zero-order chi connectivity index (χ0) is 30.4. The van der Waals surface area contributed by atoms with Gasteiger partial charge in [-0.2, -0.15) is 0 Å². The Morgan fingerprint density at radius 2 is 1.64 bits per heavy atom. The van der Waals surface area contributed by atoms with E-state index >= 15 is 0 Å². The van der Waals surface area contributed by atoms with Crippen LogP contribution in [0.5, 0.6) is 0 Å². The lowest BCUT2D eigenvalue weighted by atomic mass is 9.79. The van der Waals surface area contributed by atoms with Gasteiger partial charge in [0, 0.05) is 36.4 Å². The number of para-hydroxylation sites is 1. The molecular weight excluding hydrogens is 558 g/mol. The van der Waals surface area contributed by atoms with Gasteiger partial charge >= 0.3 is 0 Å². The number of piperazine rings is 1. The normalized spacial score (nSPS) is 25.7. The quantitative estimate of drug-likeness (QED) is 0.317. The first kappa shape index (κ1) is 27.4. The van der Waals surface area contributed by atoms with E-state index in [9.17, 15) is 18.4 Å². The van der Waals surface area contributed by atoms with Gasteiger partial charge in [0.25, 0.3) is 0 Å². The van der Waals surface area contributed by atoms with Crippen LogP contribution in [0.3, 0.4) is 0 Å². The maximum absolute atomic E-state index is 14.5. The van der Waals surface area contributed by atoms with Gasteiger partial charge < -0.3 is 10.2 Å². The van der Waals surface area contributed by atoms with Crippen LogP contribution in [0.2, 0.25) is 0 Å². The summed E-state index contributed by atoms with van der Waals surface area (Å²) in [4.78, 5) is 36.5. The maximum Gasteiger partial charge on any atom is 0.244 e. The van der Waals surface area contributed by atoms with E-state index in [1.54, 1.807) is 6.20 Å². The standard InChI is InChI=1S/C36H34F2N4O2/c1-34(26-14-27(37)16-28(38)15-26)21-41(2)36(9-5-6-10-36)33(44)42(34)20-22-11-23-12-24-17-35(18-25(24)13-31(23)39-19-22)29-7-3-4-8-30(29)40-32(35)43/h3-4,7-8,11-16,19H,5-6,9-10,17-18,20-21H2,1-2H3,(H,40,43)/t34-,35-/m0/s1. The Labute approximate surface area is 255 Å². The number of hydrogen-bond donors (Lipinski definition) is 1. The number of halogens is 2. The molecule has 8 rings (SSSR count). The van der Waals surface area contributed by atoms with Crippen molar-refractivity contribution in [2.24, 2.45) is 0 Å². The number of anilines is 1. The van der Waals surface area contributed by atoms with Gasteiger partial charge in [-0.05, 0) is 104 Å². The molecule has 2 spiro atoms. The SMILES string of the molecule is CN1C[C@@](C)(c2cc(F)cc(F)c2)N(Cc2cnc3cc4c(cc3c2)C[C@@]2(C4)C(=O)Nc3ccccc32)C(=O)C12CCCC2. The Kier molecular flexibility index (Phi) is 5.86. The van der Waals surface area contributed by atoms with Crippen molar-refractivity contribution in [3.63, 3.8) is 0 Å². The van der Waals surface area contributed by atoms with Gasteiger partial charge in [-0.3, -0.25) is 19.5 Å². The fourth-order valence-electron chi connectivity index (χ4n) is 8.60. The average molecular weight is 593 g/mol. The summed E-state index contributed by atoms with van der Waals surface area (Å²) in [5, 5.41) is 4.02. The molecule has 2 aliphatic carbocycles. The van der Waals surface area contributed by atoms with Gasteiger partial charge in [-0.1, -0.05) is 31.0 Å². The summed E-state index contributed by atoms with van der Waals surface area (Å²) in [6.07, 6.45) is 6.54. The third-order valence-electron chi connectivity index (χ3n) is 10.9. The van der Waals surface area contributed by atoms with Gasteiger partial charge in [0.15, 0.2) is 0 Å². The van der Waals surface area contributed by atoms with E-state index in [1.165, 1.54) is 12.1 Å². The van der Waals surface area contributed by atoms with Crippen molar-refractivity contribution in [3.8, 4) is 0 Å². The van der Waals surface area contributed by atoms with E-state index in [-0.39, 0.29) is 18.4 Å². The number of nitrogens with one attached hydrogen (secondary N) is 1. The fourth-order valence-corrected chi connectivity index (χ4v) is 8.60. The van der Waals surface area contributed by atoms with E-state index in [1.807, 2.05) is 43.1 Å². The third kappa shape index (κ3) is 3.82. The second kappa shape index (κ2) is 9.41. The van der Waals surface area contributed by atoms with Crippen molar-refractivity contribution >= 4 is 28.4 Å². The monoisotopic (exact) mass is 592 g/mol. The number of nitrogens with zero attached hydrogens (tertiary/aromatic N) is 3. The largest absolute Gasteiger partial charge is 0.326 e. The van der Waals surface area contributed by atoms with Crippen LogP contribution in [0.15, 0.2) is 66.9 Å². The van der Waals surface area contributed by atoms with Crippen molar-refractivity contribution in [1.29, 1.82) is 0 Å². The number of pyridine rings is 1. The lowest BCUT2D eigenvalue weighted by Gasteiger charge is -2.56. The molecule has 0 bridgehead atoms. The van der Waals surface area contributed by atoms with E-state index in [0.29, 0.717) is 24.9 Å². The topological polar surface area (TPSA) is 65.5 Å². The first-order valence-electron chi connectivity index (χ1n) is 15.4. The molecular formula is C36H34F2N4O2. The second-order valence-electron chi connectivity index (χ2n) is 13.5. The number of aromatic nitrogens is 1. The maximum atomic E-state index is 14.5. The molecule has 224 valence electrons. The Morgan fingerprint density at radius 3 is 2.39 bits per heavy atom. The summed E-state index contributed by atoms with van der Waals surface area (Å²) < 4.78 is 29.0. The number of likely N-dealkylation sites (N-methyl/N-ethyl adjacent to an activating group) is 1. The fraction of sp³-hybridized carbons (Fsp3) is 0.361. The predicted molar refractivity (Wildman–Crippen MR) is 164 cm³/mol. The van der Waals surface area contributed by atoms with Gasteiger partial charge in [0.05, 0.1) is 16.5 Å². The number of rotatable bonds is 3. The molecule has 3 aromatic carbocycles. The van der Waals surface area contributed by atoms with Crippen LogP contribution < -0.4 is 5.32 Å². The van der Waals surface area contributed by atoms with Crippen LogP contribution >= 0.6 is 0 Å². The summed E-state index contributed by atoms with van der Waals surface area (Å²) >= 11 is 0. The van der Waals surface area contributed by atoms with Crippen molar-refractivity contribution < 1.29 is 18.4 Å². The van der Waals surface area contributed by atoms with E-state index in [0.717, 1.165) is 70.6 Å². The molecule has 4 aromatic rings. The average Bonchev–Trinajstić information content (AvgIpc) is 3.70. The molecule has 2 atom stereocenters. The highest BCUT2D eigenvalue weighted by molar-refractivity contribution is 6.07. The van der Waals surface area contributed by atoms with E-state index in [4.69, 9.17) is 4.98 Å². The molecule has 4 aliphatic rings. The molecule has 0 unspecified atom stereocenters. The predicted octanol–water partition coefficient (Wildman–Crippen LogP) is 6.00. The second-order valence-corrected chi connectivity index (χ2v) is 13.5. The molecule has 2 amide bonds. The van der Waals surface area contributed by atoms with Gasteiger partial charge in [-0.25, -0.2) is 8.78 Å². The van der Waals surface area contributed by atoms with Gasteiger partial charge in [-0.15, -0.1) is 0 Å². The zero-order valence-electron chi connectivity index (χ0n) is 24.9. The number of carbonyl (C=O) groups excluding carboxylic acids is 2. The lowest BCUT2D eigenvalue weighted by Crippen LogP contribution is -2.70. The summed E-state index contributed by atoms with van der Waals surface area (Å²) in [7, 11) is 1.96. The minimum atomic E-state index is -0.953. The minimum Gasteiger partial charge on any atom is -0.326 e. The molecule has 2 aliphatic heterocycles. The Hall–Kier alpha value is -4.17. The molecule has 44 heavy (non-hydrogen) atoms. The number of benzene rings is 3. The number of fused-ring (bicyclic) bond motifs is 4. The van der Waals surface area contributed by atoms with Crippen LogP contribution in [-0.4, -0.2) is 45.7 Å². The van der Waals surface area contributed by atoms with Crippen molar-refractivity contribution in [2.45, 2.75) is 68.5 Å². The summed E-state index contributed by atoms with van der Waals surface area (Å²) in [5.41, 5.74) is 4.14. The van der Waals surface area contributed by atoms with Crippen molar-refractivity contribution in [1.82, 2.24) is 14.8 Å². The van der Waals surface area contributed by atoms with Crippen LogP contribution in [0.4, 0.5) is 14.5 Å². The first-order valence-corrected chi connectivity index (χ1v) is 15.4.